The van der Waals surface area contributed by atoms with Crippen LogP contribution in [-0.4, -0.2) is 17.9 Å². The van der Waals surface area contributed by atoms with E-state index in [9.17, 15) is 13.2 Å². The summed E-state index contributed by atoms with van der Waals surface area (Å²) in [5, 5.41) is 1.33. The van der Waals surface area contributed by atoms with Gasteiger partial charge in [0.2, 0.25) is 0 Å². The van der Waals surface area contributed by atoms with E-state index in [-0.39, 0.29) is 12.3 Å². The molecule has 0 N–H and O–H groups in total. The molecule has 0 aromatic heterocycles. The Balaban J connectivity index is 2.71. The Morgan fingerprint density at radius 2 is 2.12 bits per heavy atom. The zero-order valence-electron chi connectivity index (χ0n) is 8.07. The molecule has 0 saturated heterocycles. The number of halogens is 3. The van der Waals surface area contributed by atoms with E-state index in [2.05, 4.69) is 21.9 Å². The van der Waals surface area contributed by atoms with E-state index in [1.165, 1.54) is 29.8 Å². The summed E-state index contributed by atoms with van der Waals surface area (Å²) >= 11 is 4.52. The monoisotopic (exact) mass is 247 g/mol. The molecule has 0 aliphatic rings. The number of nitrogens with zero attached hydrogens (tertiary/aromatic N) is 1. The molecule has 0 aliphatic carbocycles. The third-order valence-electron chi connectivity index (χ3n) is 1.57. The maximum atomic E-state index is 11.9. The Morgan fingerprint density at radius 1 is 1.38 bits per heavy atom. The molecule has 1 rings (SSSR count). The predicted octanol–water partition coefficient (Wildman–Crippen LogP) is 3.16. The van der Waals surface area contributed by atoms with Crippen molar-refractivity contribution in [3.8, 4) is 5.75 Å². The molecule has 0 spiro atoms. The highest BCUT2D eigenvalue weighted by atomic mass is 32.1. The number of rotatable bonds is 4. The van der Waals surface area contributed by atoms with Crippen LogP contribution in [-0.2, 0) is 6.54 Å². The zero-order chi connectivity index (χ0) is 12.0. The highest BCUT2D eigenvalue weighted by Crippen LogP contribution is 2.23. The molecule has 0 bridgehead atoms. The van der Waals surface area contributed by atoms with Crippen LogP contribution < -0.4 is 4.74 Å². The van der Waals surface area contributed by atoms with E-state index >= 15 is 0 Å². The molecule has 1 aromatic rings. The van der Waals surface area contributed by atoms with Gasteiger partial charge in [-0.3, -0.25) is 4.99 Å². The van der Waals surface area contributed by atoms with Crippen LogP contribution in [0.3, 0.4) is 0 Å². The van der Waals surface area contributed by atoms with Crippen molar-refractivity contribution in [2.45, 2.75) is 12.9 Å². The van der Waals surface area contributed by atoms with Crippen molar-refractivity contribution in [1.82, 2.24) is 0 Å². The summed E-state index contributed by atoms with van der Waals surface area (Å²) in [6.07, 6.45) is -3.26. The van der Waals surface area contributed by atoms with Crippen LogP contribution in [0.5, 0.6) is 5.75 Å². The second kappa shape index (κ2) is 5.60. The molecule has 86 valence electrons. The molecule has 6 heteroatoms. The number of alkyl halides is 3. The van der Waals surface area contributed by atoms with Gasteiger partial charge in [-0.1, -0.05) is 24.4 Å². The average Bonchev–Trinajstić information content (AvgIpc) is 2.16. The van der Waals surface area contributed by atoms with E-state index in [4.69, 9.17) is 0 Å². The topological polar surface area (TPSA) is 21.6 Å². The number of aliphatic imine (C=N–C) groups is 1. The fourth-order valence-electron chi connectivity index (χ4n) is 1.04. The van der Waals surface area contributed by atoms with Crippen LogP contribution in [0.4, 0.5) is 13.2 Å². The van der Waals surface area contributed by atoms with Gasteiger partial charge in [0, 0.05) is 11.6 Å². The van der Waals surface area contributed by atoms with Gasteiger partial charge in [0.25, 0.3) is 0 Å². The molecule has 0 heterocycles. The lowest BCUT2D eigenvalue weighted by Gasteiger charge is -2.09. The normalized spacial score (nSPS) is 11.7. The minimum Gasteiger partial charge on any atom is -0.406 e. The van der Waals surface area contributed by atoms with E-state index in [0.29, 0.717) is 5.56 Å². The highest BCUT2D eigenvalue weighted by Gasteiger charge is 2.30. The summed E-state index contributed by atoms with van der Waals surface area (Å²) in [5.41, 5.74) is 0.620. The van der Waals surface area contributed by atoms with E-state index in [1.54, 1.807) is 6.07 Å². The first-order chi connectivity index (χ1) is 7.51. The van der Waals surface area contributed by atoms with Crippen LogP contribution in [0.2, 0.25) is 0 Å². The first-order valence-electron chi connectivity index (χ1n) is 4.29. The molecule has 0 saturated carbocycles. The second-order valence-corrected chi connectivity index (χ2v) is 3.09. The SMILES string of the molecule is FC(F)(F)Oc1cccc(CN=CC=S)c1. The fraction of sp³-hybridized carbons (Fsp3) is 0.200. The zero-order valence-corrected chi connectivity index (χ0v) is 8.89. The Morgan fingerprint density at radius 3 is 2.75 bits per heavy atom. The lowest BCUT2D eigenvalue weighted by atomic mass is 10.2. The van der Waals surface area contributed by atoms with E-state index in [0.717, 1.165) is 0 Å². The summed E-state index contributed by atoms with van der Waals surface area (Å²) in [6.45, 7) is 0.266. The maximum absolute atomic E-state index is 11.9. The second-order valence-electron chi connectivity index (χ2n) is 2.82. The van der Waals surface area contributed by atoms with Crippen molar-refractivity contribution in [1.29, 1.82) is 0 Å². The highest BCUT2D eigenvalue weighted by molar-refractivity contribution is 7.80. The van der Waals surface area contributed by atoms with Gasteiger partial charge in [-0.2, -0.15) is 0 Å². The third kappa shape index (κ3) is 4.88. The summed E-state index contributed by atoms with van der Waals surface area (Å²) in [5.74, 6) is -0.248. The Kier molecular flexibility index (Phi) is 4.42. The molecular weight excluding hydrogens is 239 g/mol. The largest absolute Gasteiger partial charge is 0.573 e. The summed E-state index contributed by atoms with van der Waals surface area (Å²) in [6, 6.07) is 5.65. The minimum atomic E-state index is -4.67. The Labute approximate surface area is 95.8 Å². The molecule has 0 amide bonds. The number of ether oxygens (including phenoxy) is 1. The van der Waals surface area contributed by atoms with Crippen molar-refractivity contribution in [2.24, 2.45) is 4.99 Å². The molecule has 1 aromatic carbocycles. The molecule has 0 aliphatic heterocycles. The maximum Gasteiger partial charge on any atom is 0.573 e. The van der Waals surface area contributed by atoms with Gasteiger partial charge in [-0.25, -0.2) is 0 Å². The predicted molar refractivity (Wildman–Crippen MR) is 59.0 cm³/mol. The summed E-state index contributed by atoms with van der Waals surface area (Å²) in [7, 11) is 0. The Bertz CT molecular complexity index is 390. The van der Waals surface area contributed by atoms with E-state index < -0.39 is 6.36 Å². The standard InChI is InChI=1S/C10H8F3NOS/c11-10(12,13)15-9-3-1-2-8(6-9)7-14-4-5-16/h1-6H,7H2. The smallest absolute Gasteiger partial charge is 0.406 e. The van der Waals surface area contributed by atoms with Gasteiger partial charge in [-0.05, 0) is 17.7 Å². The van der Waals surface area contributed by atoms with Crippen LogP contribution in [0, 0.1) is 0 Å². The molecule has 0 atom stereocenters. The van der Waals surface area contributed by atoms with Gasteiger partial charge in [0.15, 0.2) is 0 Å². The van der Waals surface area contributed by atoms with Crippen molar-refractivity contribution in [3.63, 3.8) is 0 Å². The molecule has 0 radical (unpaired) electrons. The van der Waals surface area contributed by atoms with Crippen molar-refractivity contribution < 1.29 is 17.9 Å². The van der Waals surface area contributed by atoms with Gasteiger partial charge in [0.1, 0.15) is 5.75 Å². The summed E-state index contributed by atoms with van der Waals surface area (Å²) < 4.78 is 39.5. The Hall–Kier alpha value is -1.43. The van der Waals surface area contributed by atoms with Crippen molar-refractivity contribution in [2.75, 3.05) is 0 Å². The lowest BCUT2D eigenvalue weighted by molar-refractivity contribution is -0.274. The van der Waals surface area contributed by atoms with Crippen molar-refractivity contribution >= 4 is 23.8 Å². The van der Waals surface area contributed by atoms with Crippen LogP contribution in [0.1, 0.15) is 5.56 Å². The lowest BCUT2D eigenvalue weighted by Crippen LogP contribution is -2.17. The number of hydrogen-bond acceptors (Lipinski definition) is 3. The molecule has 0 unspecified atom stereocenters. The van der Waals surface area contributed by atoms with E-state index in [1.807, 2.05) is 0 Å². The van der Waals surface area contributed by atoms with Gasteiger partial charge in [-0.15, -0.1) is 13.2 Å². The molecular formula is C10H8F3NOS. The first-order valence-corrected chi connectivity index (χ1v) is 4.76. The quantitative estimate of drug-likeness (QED) is 0.602. The van der Waals surface area contributed by atoms with Crippen LogP contribution >= 0.6 is 12.2 Å². The number of hydrogen-bond donors (Lipinski definition) is 0. The minimum absolute atomic E-state index is 0.248. The molecule has 16 heavy (non-hydrogen) atoms. The molecule has 0 fully saturated rings. The van der Waals surface area contributed by atoms with Crippen LogP contribution in [0.15, 0.2) is 29.3 Å². The third-order valence-corrected chi connectivity index (χ3v) is 1.69. The molecule has 2 nitrogen and oxygen atoms in total. The first kappa shape index (κ1) is 12.6. The van der Waals surface area contributed by atoms with Gasteiger partial charge in [0.05, 0.1) is 6.54 Å². The van der Waals surface area contributed by atoms with Crippen LogP contribution in [0.25, 0.3) is 0 Å². The van der Waals surface area contributed by atoms with Gasteiger partial charge < -0.3 is 4.74 Å². The van der Waals surface area contributed by atoms with Gasteiger partial charge >= 0.3 is 6.36 Å². The average molecular weight is 247 g/mol. The van der Waals surface area contributed by atoms with Crippen molar-refractivity contribution in [3.05, 3.63) is 29.8 Å². The number of benzene rings is 1. The number of thiocarbonyl (C=S) groups is 1. The summed E-state index contributed by atoms with van der Waals surface area (Å²) in [4.78, 5) is 3.88. The fourth-order valence-corrected chi connectivity index (χ4v) is 1.13.